The van der Waals surface area contributed by atoms with Gasteiger partial charge in [0, 0.05) is 11.1 Å². The van der Waals surface area contributed by atoms with Crippen molar-refractivity contribution in [1.82, 2.24) is 0 Å². The molecule has 0 amide bonds. The predicted octanol–water partition coefficient (Wildman–Crippen LogP) is 10.2. The van der Waals surface area contributed by atoms with Crippen LogP contribution in [-0.2, 0) is 0 Å². The fourth-order valence-electron chi connectivity index (χ4n) is 2.75. The Kier molecular flexibility index (Phi) is 13.1. The van der Waals surface area contributed by atoms with Crippen LogP contribution in [0, 0.1) is 11.8 Å². The summed E-state index contributed by atoms with van der Waals surface area (Å²) in [4.78, 5) is 0. The highest BCUT2D eigenvalue weighted by Crippen LogP contribution is 2.32. The SMILES string of the molecule is C=CCCC(C)CCC(C)C(=C)/C(F)=C(/F)C(=C)C(=C)/C=C\C(=C)C(=C)/C(F)=C(/F)C(=C)C. The second-order valence-corrected chi connectivity index (χ2v) is 8.35. The van der Waals surface area contributed by atoms with Gasteiger partial charge in [-0.3, -0.25) is 0 Å². The van der Waals surface area contributed by atoms with E-state index in [1.807, 2.05) is 6.08 Å². The molecule has 0 heterocycles. The summed E-state index contributed by atoms with van der Waals surface area (Å²) < 4.78 is 57.1. The summed E-state index contributed by atoms with van der Waals surface area (Å²) in [5.41, 5.74) is -0.532. The average Bonchev–Trinajstić information content (AvgIpc) is 2.80. The molecule has 0 bridgehead atoms. The van der Waals surface area contributed by atoms with Crippen LogP contribution in [0.25, 0.3) is 0 Å². The van der Waals surface area contributed by atoms with Gasteiger partial charge in [0.1, 0.15) is 0 Å². The Morgan fingerprint density at radius 2 is 1.15 bits per heavy atom. The minimum atomic E-state index is -1.19. The van der Waals surface area contributed by atoms with Crippen molar-refractivity contribution in [3.63, 3.8) is 0 Å². The lowest BCUT2D eigenvalue weighted by Gasteiger charge is -2.17. The molecule has 0 saturated heterocycles. The van der Waals surface area contributed by atoms with E-state index in [-0.39, 0.29) is 39.4 Å². The fraction of sp³-hybridized carbons (Fsp3) is 0.310. The molecule has 0 aromatic carbocycles. The molecular formula is C29H36F4. The standard InChI is InChI=1S/C29H36F4/c1-11-12-13-19(4)14-15-20(5)24(9)28(32)29(33)25(10)22(7)17-16-21(6)23(8)27(31)26(30)18(2)3/h11,16-17,19-20H,1-2,6-10,12-15H2,3-5H3/b17-16-,27-26-,29-28-. The molecule has 4 heteroatoms. The summed E-state index contributed by atoms with van der Waals surface area (Å²) in [6.07, 6.45) is 7.87. The van der Waals surface area contributed by atoms with Gasteiger partial charge in [0.05, 0.1) is 0 Å². The lowest BCUT2D eigenvalue weighted by molar-refractivity contribution is 0.431. The second kappa shape index (κ2) is 14.3. The topological polar surface area (TPSA) is 0 Å². The van der Waals surface area contributed by atoms with Gasteiger partial charge in [-0.2, -0.15) is 0 Å². The third-order valence-electron chi connectivity index (χ3n) is 5.38. The molecule has 0 aliphatic rings. The van der Waals surface area contributed by atoms with Gasteiger partial charge < -0.3 is 0 Å². The summed E-state index contributed by atoms with van der Waals surface area (Å²) >= 11 is 0. The van der Waals surface area contributed by atoms with Crippen LogP contribution in [0.1, 0.15) is 46.5 Å². The molecule has 0 N–H and O–H groups in total. The van der Waals surface area contributed by atoms with E-state index in [9.17, 15) is 17.6 Å². The van der Waals surface area contributed by atoms with Crippen LogP contribution >= 0.6 is 0 Å². The molecule has 2 unspecified atom stereocenters. The lowest BCUT2D eigenvalue weighted by Crippen LogP contribution is -2.04. The number of hydrogen-bond donors (Lipinski definition) is 0. The first-order valence-corrected chi connectivity index (χ1v) is 10.8. The maximum Gasteiger partial charge on any atom is 0.166 e. The Hall–Kier alpha value is -2.88. The van der Waals surface area contributed by atoms with E-state index in [4.69, 9.17) is 0 Å². The van der Waals surface area contributed by atoms with Gasteiger partial charge in [0.15, 0.2) is 23.3 Å². The number of halogens is 4. The lowest BCUT2D eigenvalue weighted by atomic mass is 9.90. The van der Waals surface area contributed by atoms with E-state index in [1.54, 1.807) is 6.92 Å². The zero-order valence-electron chi connectivity index (χ0n) is 20.2. The van der Waals surface area contributed by atoms with E-state index in [0.717, 1.165) is 19.3 Å². The van der Waals surface area contributed by atoms with Crippen LogP contribution < -0.4 is 0 Å². The van der Waals surface area contributed by atoms with Crippen LogP contribution in [-0.4, -0.2) is 0 Å². The molecule has 0 spiro atoms. The third-order valence-corrected chi connectivity index (χ3v) is 5.38. The molecule has 33 heavy (non-hydrogen) atoms. The Bertz CT molecular complexity index is 921. The highest BCUT2D eigenvalue weighted by atomic mass is 19.2. The quantitative estimate of drug-likeness (QED) is 0.129. The van der Waals surface area contributed by atoms with E-state index in [2.05, 4.69) is 53.0 Å². The average molecular weight is 461 g/mol. The zero-order valence-corrected chi connectivity index (χ0v) is 20.2. The third kappa shape index (κ3) is 9.65. The minimum Gasteiger partial charge on any atom is -0.203 e. The van der Waals surface area contributed by atoms with Crippen molar-refractivity contribution in [3.05, 3.63) is 121 Å². The smallest absolute Gasteiger partial charge is 0.166 e. The second-order valence-electron chi connectivity index (χ2n) is 8.35. The van der Waals surface area contributed by atoms with Crippen molar-refractivity contribution in [2.75, 3.05) is 0 Å². The maximum atomic E-state index is 14.7. The molecule has 0 aliphatic carbocycles. The summed E-state index contributed by atoms with van der Waals surface area (Å²) in [6.45, 7) is 30.2. The van der Waals surface area contributed by atoms with Crippen LogP contribution in [0.4, 0.5) is 17.6 Å². The van der Waals surface area contributed by atoms with Gasteiger partial charge in [-0.1, -0.05) is 78.0 Å². The molecule has 0 nitrogen and oxygen atoms in total. The monoisotopic (exact) mass is 460 g/mol. The van der Waals surface area contributed by atoms with Gasteiger partial charge >= 0.3 is 0 Å². The van der Waals surface area contributed by atoms with Crippen molar-refractivity contribution < 1.29 is 17.6 Å². The maximum absolute atomic E-state index is 14.7. The largest absolute Gasteiger partial charge is 0.203 e. The molecule has 0 saturated carbocycles. The normalized spacial score (nSPS) is 14.6. The number of allylic oxidation sites excluding steroid dienone is 13. The molecule has 180 valence electrons. The molecule has 0 radical (unpaired) electrons. The van der Waals surface area contributed by atoms with Crippen molar-refractivity contribution in [2.45, 2.75) is 46.5 Å². The van der Waals surface area contributed by atoms with Gasteiger partial charge in [-0.05, 0) is 60.3 Å². The minimum absolute atomic E-state index is 0.0336. The van der Waals surface area contributed by atoms with E-state index < -0.39 is 23.3 Å². The number of rotatable bonds is 15. The van der Waals surface area contributed by atoms with Crippen LogP contribution in [0.5, 0.6) is 0 Å². The Balaban J connectivity index is 5.25. The zero-order chi connectivity index (χ0) is 25.9. The Morgan fingerprint density at radius 1 is 0.697 bits per heavy atom. The highest BCUT2D eigenvalue weighted by molar-refractivity contribution is 5.54. The Morgan fingerprint density at radius 3 is 1.58 bits per heavy atom. The van der Waals surface area contributed by atoms with Gasteiger partial charge in [0.25, 0.3) is 0 Å². The van der Waals surface area contributed by atoms with E-state index in [0.29, 0.717) is 12.3 Å². The summed E-state index contributed by atoms with van der Waals surface area (Å²) in [7, 11) is 0. The van der Waals surface area contributed by atoms with Crippen molar-refractivity contribution >= 4 is 0 Å². The molecule has 0 rings (SSSR count). The molecule has 0 fully saturated rings. The van der Waals surface area contributed by atoms with Gasteiger partial charge in [0.2, 0.25) is 0 Å². The molecular weight excluding hydrogens is 424 g/mol. The predicted molar refractivity (Wildman–Crippen MR) is 135 cm³/mol. The van der Waals surface area contributed by atoms with Crippen molar-refractivity contribution in [3.8, 4) is 0 Å². The van der Waals surface area contributed by atoms with Crippen molar-refractivity contribution in [2.24, 2.45) is 11.8 Å². The van der Waals surface area contributed by atoms with Crippen molar-refractivity contribution in [1.29, 1.82) is 0 Å². The number of hydrogen-bond acceptors (Lipinski definition) is 0. The molecule has 0 aliphatic heterocycles. The fourth-order valence-corrected chi connectivity index (χ4v) is 2.75. The molecule has 2 atom stereocenters. The first-order valence-electron chi connectivity index (χ1n) is 10.8. The summed E-state index contributed by atoms with van der Waals surface area (Å²) in [5, 5.41) is 0. The summed E-state index contributed by atoms with van der Waals surface area (Å²) in [5.74, 6) is -4.35. The van der Waals surface area contributed by atoms with Crippen LogP contribution in [0.3, 0.4) is 0 Å². The van der Waals surface area contributed by atoms with Gasteiger partial charge in [-0.15, -0.1) is 6.58 Å². The summed E-state index contributed by atoms with van der Waals surface area (Å²) in [6, 6.07) is 0. The van der Waals surface area contributed by atoms with E-state index in [1.165, 1.54) is 19.1 Å². The van der Waals surface area contributed by atoms with Crippen LogP contribution in [0.2, 0.25) is 0 Å². The van der Waals surface area contributed by atoms with Crippen LogP contribution in [0.15, 0.2) is 121 Å². The molecule has 0 aromatic rings. The first-order chi connectivity index (χ1) is 15.3. The first kappa shape index (κ1) is 30.1. The van der Waals surface area contributed by atoms with E-state index >= 15 is 0 Å². The highest BCUT2D eigenvalue weighted by Gasteiger charge is 2.19. The van der Waals surface area contributed by atoms with Gasteiger partial charge in [-0.25, -0.2) is 17.6 Å². The Labute approximate surface area is 197 Å². The molecule has 0 aromatic heterocycles.